The van der Waals surface area contributed by atoms with Crippen LogP contribution in [0.15, 0.2) is 35.0 Å². The van der Waals surface area contributed by atoms with Crippen molar-refractivity contribution in [3.05, 3.63) is 36.3 Å². The first kappa shape index (κ1) is 11.5. The molecule has 1 heterocycles. The van der Waals surface area contributed by atoms with Gasteiger partial charge in [-0.05, 0) is 19.1 Å². The molecule has 0 aromatic carbocycles. The molecule has 0 radical (unpaired) electrons. The van der Waals surface area contributed by atoms with Crippen molar-refractivity contribution in [1.82, 2.24) is 0 Å². The third-order valence-corrected chi connectivity index (χ3v) is 2.03. The van der Waals surface area contributed by atoms with Gasteiger partial charge in [-0.25, -0.2) is 4.79 Å². The van der Waals surface area contributed by atoms with Gasteiger partial charge < -0.3 is 14.3 Å². The summed E-state index contributed by atoms with van der Waals surface area (Å²) in [6.45, 7) is 1.63. The molecule has 1 N–H and O–H groups in total. The summed E-state index contributed by atoms with van der Waals surface area (Å²) in [7, 11) is 1.30. The number of rotatable bonds is 4. The van der Waals surface area contributed by atoms with E-state index in [1.807, 2.05) is 0 Å². The van der Waals surface area contributed by atoms with Crippen LogP contribution in [0.5, 0.6) is 0 Å². The fourth-order valence-electron chi connectivity index (χ4n) is 1.22. The van der Waals surface area contributed by atoms with E-state index in [1.165, 1.54) is 19.4 Å². The number of aliphatic hydroxyl groups is 1. The van der Waals surface area contributed by atoms with Crippen LogP contribution in [0, 0.1) is 0 Å². The van der Waals surface area contributed by atoms with E-state index in [9.17, 15) is 9.90 Å². The van der Waals surface area contributed by atoms with Crippen molar-refractivity contribution in [2.45, 2.75) is 18.9 Å². The van der Waals surface area contributed by atoms with Crippen molar-refractivity contribution >= 4 is 5.97 Å². The molecule has 4 heteroatoms. The first-order valence-electron chi connectivity index (χ1n) is 4.62. The van der Waals surface area contributed by atoms with Crippen LogP contribution >= 0.6 is 0 Å². The SMILES string of the molecule is COC(=O)/C=C/[C@@H](c1ccco1)[C@H](C)O. The quantitative estimate of drug-likeness (QED) is 0.604. The fraction of sp³-hybridized carbons (Fsp3) is 0.364. The van der Waals surface area contributed by atoms with Crippen LogP contribution in [0.1, 0.15) is 18.6 Å². The first-order valence-corrected chi connectivity index (χ1v) is 4.62. The van der Waals surface area contributed by atoms with Gasteiger partial charge in [-0.15, -0.1) is 0 Å². The van der Waals surface area contributed by atoms with E-state index in [-0.39, 0.29) is 5.92 Å². The number of hydrogen-bond donors (Lipinski definition) is 1. The Kier molecular flexibility index (Phi) is 4.12. The van der Waals surface area contributed by atoms with E-state index < -0.39 is 12.1 Å². The maximum absolute atomic E-state index is 10.9. The minimum absolute atomic E-state index is 0.334. The van der Waals surface area contributed by atoms with Crippen molar-refractivity contribution in [1.29, 1.82) is 0 Å². The van der Waals surface area contributed by atoms with Crippen LogP contribution in [0.2, 0.25) is 0 Å². The molecule has 0 bridgehead atoms. The lowest BCUT2D eigenvalue weighted by Gasteiger charge is -2.12. The van der Waals surface area contributed by atoms with Crippen LogP contribution < -0.4 is 0 Å². The lowest BCUT2D eigenvalue weighted by atomic mass is 10.0. The van der Waals surface area contributed by atoms with Gasteiger partial charge in [0.25, 0.3) is 0 Å². The maximum atomic E-state index is 10.9. The van der Waals surface area contributed by atoms with E-state index >= 15 is 0 Å². The standard InChI is InChI=1S/C11H14O4/c1-8(12)9(5-6-11(13)14-2)10-4-3-7-15-10/h3-9,12H,1-2H3/b6-5+/t8-,9+/m0/s1. The molecule has 0 aliphatic heterocycles. The molecule has 0 aliphatic carbocycles. The zero-order valence-corrected chi connectivity index (χ0v) is 8.71. The van der Waals surface area contributed by atoms with E-state index in [1.54, 1.807) is 25.1 Å². The van der Waals surface area contributed by atoms with E-state index in [2.05, 4.69) is 4.74 Å². The molecule has 4 nitrogen and oxygen atoms in total. The molecular formula is C11H14O4. The molecule has 0 saturated carbocycles. The number of ether oxygens (including phenoxy) is 1. The minimum Gasteiger partial charge on any atom is -0.469 e. The fourth-order valence-corrected chi connectivity index (χ4v) is 1.22. The van der Waals surface area contributed by atoms with Crippen LogP contribution in [0.25, 0.3) is 0 Å². The number of hydrogen-bond acceptors (Lipinski definition) is 4. The summed E-state index contributed by atoms with van der Waals surface area (Å²) in [6, 6.07) is 3.48. The summed E-state index contributed by atoms with van der Waals surface area (Å²) in [5.74, 6) is -0.170. The summed E-state index contributed by atoms with van der Waals surface area (Å²) in [5.41, 5.74) is 0. The average molecular weight is 210 g/mol. The molecule has 0 spiro atoms. The Labute approximate surface area is 88.2 Å². The van der Waals surface area contributed by atoms with Crippen molar-refractivity contribution in [3.63, 3.8) is 0 Å². The van der Waals surface area contributed by atoms with E-state index in [0.717, 1.165) is 0 Å². The number of furan rings is 1. The van der Waals surface area contributed by atoms with Gasteiger partial charge in [0.15, 0.2) is 0 Å². The Morgan fingerprint density at radius 1 is 1.67 bits per heavy atom. The second-order valence-corrected chi connectivity index (χ2v) is 3.16. The molecule has 1 rings (SSSR count). The topological polar surface area (TPSA) is 59.7 Å². The predicted octanol–water partition coefficient (Wildman–Crippen LogP) is 1.47. The van der Waals surface area contributed by atoms with Gasteiger partial charge in [-0.2, -0.15) is 0 Å². The molecule has 0 aliphatic rings. The Hall–Kier alpha value is -1.55. The van der Waals surface area contributed by atoms with Crippen molar-refractivity contribution in [3.8, 4) is 0 Å². The van der Waals surface area contributed by atoms with Gasteiger partial charge >= 0.3 is 5.97 Å². The normalized spacial score (nSPS) is 15.1. The highest BCUT2D eigenvalue weighted by Gasteiger charge is 2.17. The lowest BCUT2D eigenvalue weighted by Crippen LogP contribution is -2.12. The highest BCUT2D eigenvalue weighted by Crippen LogP contribution is 2.21. The minimum atomic E-state index is -0.628. The van der Waals surface area contributed by atoms with Crippen molar-refractivity contribution < 1.29 is 19.1 Å². The number of carbonyl (C=O) groups is 1. The van der Waals surface area contributed by atoms with Crippen LogP contribution in [-0.2, 0) is 9.53 Å². The lowest BCUT2D eigenvalue weighted by molar-refractivity contribution is -0.134. The number of carbonyl (C=O) groups excluding carboxylic acids is 1. The summed E-state index contributed by atoms with van der Waals surface area (Å²) >= 11 is 0. The monoisotopic (exact) mass is 210 g/mol. The third kappa shape index (κ3) is 3.25. The van der Waals surface area contributed by atoms with Gasteiger partial charge in [-0.3, -0.25) is 0 Å². The van der Waals surface area contributed by atoms with Crippen molar-refractivity contribution in [2.24, 2.45) is 0 Å². The predicted molar refractivity (Wildman–Crippen MR) is 54.3 cm³/mol. The second-order valence-electron chi connectivity index (χ2n) is 3.16. The molecule has 0 unspecified atom stereocenters. The number of methoxy groups -OCH3 is 1. The molecule has 0 amide bonds. The molecule has 1 aromatic heterocycles. The summed E-state index contributed by atoms with van der Waals surface area (Å²) in [5, 5.41) is 9.51. The zero-order chi connectivity index (χ0) is 11.3. The average Bonchev–Trinajstić information content (AvgIpc) is 2.70. The molecule has 15 heavy (non-hydrogen) atoms. The van der Waals surface area contributed by atoms with Gasteiger partial charge in [0, 0.05) is 6.08 Å². The summed E-state index contributed by atoms with van der Waals surface area (Å²) in [4.78, 5) is 10.9. The second kappa shape index (κ2) is 5.36. The summed E-state index contributed by atoms with van der Waals surface area (Å²) < 4.78 is 9.62. The largest absolute Gasteiger partial charge is 0.469 e. The molecule has 0 saturated heterocycles. The Bertz CT molecular complexity index is 324. The third-order valence-electron chi connectivity index (χ3n) is 2.03. The molecular weight excluding hydrogens is 196 g/mol. The van der Waals surface area contributed by atoms with E-state index in [4.69, 9.17) is 4.42 Å². The van der Waals surface area contributed by atoms with Crippen LogP contribution in [-0.4, -0.2) is 24.3 Å². The highest BCUT2D eigenvalue weighted by molar-refractivity contribution is 5.81. The highest BCUT2D eigenvalue weighted by atomic mass is 16.5. The zero-order valence-electron chi connectivity index (χ0n) is 8.71. The van der Waals surface area contributed by atoms with Gasteiger partial charge in [0.2, 0.25) is 0 Å². The molecule has 1 aromatic rings. The maximum Gasteiger partial charge on any atom is 0.330 e. The van der Waals surface area contributed by atoms with Gasteiger partial charge in [0.1, 0.15) is 5.76 Å². The van der Waals surface area contributed by atoms with Gasteiger partial charge in [-0.1, -0.05) is 6.08 Å². The summed E-state index contributed by atoms with van der Waals surface area (Å²) in [6.07, 6.45) is 3.74. The van der Waals surface area contributed by atoms with Crippen LogP contribution in [0.4, 0.5) is 0 Å². The van der Waals surface area contributed by atoms with Crippen molar-refractivity contribution in [2.75, 3.05) is 7.11 Å². The van der Waals surface area contributed by atoms with E-state index in [0.29, 0.717) is 5.76 Å². The number of aliphatic hydroxyl groups excluding tert-OH is 1. The Morgan fingerprint density at radius 3 is 2.87 bits per heavy atom. The Morgan fingerprint density at radius 2 is 2.40 bits per heavy atom. The number of esters is 1. The molecule has 82 valence electrons. The molecule has 0 fully saturated rings. The smallest absolute Gasteiger partial charge is 0.330 e. The van der Waals surface area contributed by atoms with Gasteiger partial charge in [0.05, 0.1) is 25.4 Å². The Balaban J connectivity index is 2.76. The first-order chi connectivity index (χ1) is 7.15. The van der Waals surface area contributed by atoms with Crippen LogP contribution in [0.3, 0.4) is 0 Å². The molecule has 2 atom stereocenters.